The van der Waals surface area contributed by atoms with Gasteiger partial charge in [0.25, 0.3) is 0 Å². The number of nitrogens with one attached hydrogen (secondary N) is 1. The number of halogens is 1. The molecule has 27 heavy (non-hydrogen) atoms. The first-order valence-corrected chi connectivity index (χ1v) is 8.97. The molecule has 2 aromatic heterocycles. The van der Waals surface area contributed by atoms with Crippen LogP contribution in [0, 0.1) is 0 Å². The first-order valence-electron chi connectivity index (χ1n) is 8.18. The summed E-state index contributed by atoms with van der Waals surface area (Å²) in [5, 5.41) is 11.3. The molecule has 0 aliphatic carbocycles. The Balaban J connectivity index is 1.59. The monoisotopic (exact) mass is 423 g/mol. The van der Waals surface area contributed by atoms with Crippen LogP contribution in [0.2, 0.25) is 0 Å². The predicted octanol–water partition coefficient (Wildman–Crippen LogP) is 2.96. The Morgan fingerprint density at radius 1 is 0.963 bits per heavy atom. The van der Waals surface area contributed by atoms with Crippen molar-refractivity contribution in [2.75, 3.05) is 5.32 Å². The second-order valence-electron chi connectivity index (χ2n) is 5.85. The first kappa shape index (κ1) is 17.2. The van der Waals surface area contributed by atoms with Gasteiger partial charge < -0.3 is 5.32 Å². The Morgan fingerprint density at radius 3 is 2.44 bits per heavy atom. The van der Waals surface area contributed by atoms with Crippen molar-refractivity contribution in [3.8, 4) is 11.3 Å². The minimum Gasteiger partial charge on any atom is -0.324 e. The second-order valence-corrected chi connectivity index (χ2v) is 6.77. The lowest BCUT2D eigenvalue weighted by Gasteiger charge is -2.04. The van der Waals surface area contributed by atoms with E-state index in [4.69, 9.17) is 0 Å². The van der Waals surface area contributed by atoms with E-state index in [1.54, 1.807) is 24.3 Å². The van der Waals surface area contributed by atoms with Crippen molar-refractivity contribution in [2.45, 2.75) is 6.54 Å². The maximum absolute atomic E-state index is 12.6. The molecule has 134 valence electrons. The van der Waals surface area contributed by atoms with Gasteiger partial charge in [-0.2, -0.15) is 9.61 Å². The van der Waals surface area contributed by atoms with E-state index in [0.717, 1.165) is 14.7 Å². The normalized spacial score (nSPS) is 10.9. The topological polar surface area (TPSA) is 81.3 Å². The number of hydrogen-bond donors (Lipinski definition) is 1. The Kier molecular flexibility index (Phi) is 4.55. The van der Waals surface area contributed by atoms with Gasteiger partial charge >= 0.3 is 5.69 Å². The number of rotatable bonds is 4. The van der Waals surface area contributed by atoms with E-state index in [-0.39, 0.29) is 12.5 Å². The van der Waals surface area contributed by atoms with Crippen LogP contribution in [-0.4, -0.2) is 25.3 Å². The van der Waals surface area contributed by atoms with Gasteiger partial charge in [0.15, 0.2) is 5.65 Å². The number of fused-ring (bicyclic) bond motifs is 1. The van der Waals surface area contributed by atoms with Gasteiger partial charge in [-0.1, -0.05) is 46.3 Å². The van der Waals surface area contributed by atoms with Crippen molar-refractivity contribution in [3.05, 3.63) is 81.7 Å². The van der Waals surface area contributed by atoms with E-state index in [1.807, 2.05) is 42.5 Å². The van der Waals surface area contributed by atoms with E-state index in [1.165, 1.54) is 4.52 Å². The molecule has 0 fully saturated rings. The van der Waals surface area contributed by atoms with Gasteiger partial charge in [0.2, 0.25) is 5.91 Å². The molecule has 0 saturated carbocycles. The fraction of sp³-hybridized carbons (Fsp3) is 0.0526. The lowest BCUT2D eigenvalue weighted by molar-refractivity contribution is -0.117. The zero-order valence-corrected chi connectivity index (χ0v) is 15.6. The van der Waals surface area contributed by atoms with Crippen LogP contribution >= 0.6 is 15.9 Å². The largest absolute Gasteiger partial charge is 0.367 e. The molecule has 0 bridgehead atoms. The van der Waals surface area contributed by atoms with Crippen molar-refractivity contribution < 1.29 is 4.79 Å². The average Bonchev–Trinajstić information content (AvgIpc) is 2.99. The summed E-state index contributed by atoms with van der Waals surface area (Å²) in [4.78, 5) is 24.8. The highest BCUT2D eigenvalue weighted by Gasteiger charge is 2.13. The van der Waals surface area contributed by atoms with E-state index in [2.05, 4.69) is 31.4 Å². The number of amides is 1. The van der Waals surface area contributed by atoms with Crippen LogP contribution in [0.25, 0.3) is 16.9 Å². The van der Waals surface area contributed by atoms with Crippen molar-refractivity contribution >= 4 is 33.2 Å². The molecule has 1 amide bonds. The molecular formula is C19H14BrN5O2. The molecule has 7 nitrogen and oxygen atoms in total. The van der Waals surface area contributed by atoms with Gasteiger partial charge in [-0.15, -0.1) is 5.10 Å². The van der Waals surface area contributed by atoms with Crippen molar-refractivity contribution in [2.24, 2.45) is 0 Å². The summed E-state index contributed by atoms with van der Waals surface area (Å²) >= 11 is 3.34. The van der Waals surface area contributed by atoms with Crippen LogP contribution in [0.1, 0.15) is 0 Å². The molecule has 0 spiro atoms. The predicted molar refractivity (Wildman–Crippen MR) is 105 cm³/mol. The molecule has 4 rings (SSSR count). The summed E-state index contributed by atoms with van der Waals surface area (Å²) in [7, 11) is 0. The molecule has 0 unspecified atom stereocenters. The quantitative estimate of drug-likeness (QED) is 0.546. The van der Waals surface area contributed by atoms with Crippen molar-refractivity contribution in [1.29, 1.82) is 0 Å². The first-order chi connectivity index (χ1) is 13.1. The number of benzene rings is 2. The number of anilines is 1. The molecule has 4 aromatic rings. The number of carbonyl (C=O) groups is 1. The summed E-state index contributed by atoms with van der Waals surface area (Å²) in [6.07, 6.45) is 0. The number of carbonyl (C=O) groups excluding carboxylic acids is 1. The summed E-state index contributed by atoms with van der Waals surface area (Å²) in [5.41, 5.74) is 2.12. The minimum atomic E-state index is -0.464. The van der Waals surface area contributed by atoms with E-state index in [0.29, 0.717) is 17.0 Å². The van der Waals surface area contributed by atoms with Crippen LogP contribution < -0.4 is 11.0 Å². The van der Waals surface area contributed by atoms with Gasteiger partial charge in [-0.3, -0.25) is 4.79 Å². The number of hydrogen-bond acceptors (Lipinski definition) is 4. The Hall–Kier alpha value is -3.26. The maximum atomic E-state index is 12.6. The molecule has 0 atom stereocenters. The molecule has 0 saturated heterocycles. The molecule has 0 radical (unpaired) electrons. The van der Waals surface area contributed by atoms with Gasteiger partial charge in [0, 0.05) is 15.7 Å². The molecule has 0 aliphatic rings. The number of aromatic nitrogens is 4. The third-order valence-electron chi connectivity index (χ3n) is 3.93. The van der Waals surface area contributed by atoms with Crippen molar-refractivity contribution in [1.82, 2.24) is 19.4 Å². The summed E-state index contributed by atoms with van der Waals surface area (Å²) in [5.74, 6) is -0.342. The second kappa shape index (κ2) is 7.16. The highest BCUT2D eigenvalue weighted by Crippen LogP contribution is 2.16. The maximum Gasteiger partial charge on any atom is 0.367 e. The fourth-order valence-corrected chi connectivity index (χ4v) is 2.91. The lowest BCUT2D eigenvalue weighted by atomic mass is 10.1. The van der Waals surface area contributed by atoms with Gasteiger partial charge in [0.1, 0.15) is 6.54 Å². The summed E-state index contributed by atoms with van der Waals surface area (Å²) in [6.45, 7) is -0.196. The molecule has 2 aromatic carbocycles. The van der Waals surface area contributed by atoms with E-state index < -0.39 is 5.69 Å². The van der Waals surface area contributed by atoms with E-state index >= 15 is 0 Å². The van der Waals surface area contributed by atoms with Crippen molar-refractivity contribution in [3.63, 3.8) is 0 Å². The Labute approximate surface area is 162 Å². The third-order valence-corrected chi connectivity index (χ3v) is 4.46. The van der Waals surface area contributed by atoms with Crippen LogP contribution in [-0.2, 0) is 11.3 Å². The van der Waals surface area contributed by atoms with Crippen LogP contribution in [0.3, 0.4) is 0 Å². The van der Waals surface area contributed by atoms with Gasteiger partial charge in [-0.05, 0) is 36.4 Å². The van der Waals surface area contributed by atoms with Crippen LogP contribution in [0.5, 0.6) is 0 Å². The molecular weight excluding hydrogens is 410 g/mol. The number of nitrogens with zero attached hydrogens (tertiary/aromatic N) is 4. The smallest absolute Gasteiger partial charge is 0.324 e. The summed E-state index contributed by atoms with van der Waals surface area (Å²) < 4.78 is 3.22. The zero-order chi connectivity index (χ0) is 18.8. The molecule has 2 heterocycles. The Morgan fingerprint density at radius 2 is 1.70 bits per heavy atom. The highest BCUT2D eigenvalue weighted by molar-refractivity contribution is 9.10. The molecule has 1 N–H and O–H groups in total. The standard InChI is InChI=1S/C19H14BrN5O2/c20-14-6-8-15(9-7-14)21-18(26)12-24-19(27)25-17(23-24)11-10-16(22-25)13-4-2-1-3-5-13/h1-11H,12H2,(H,21,26). The zero-order valence-electron chi connectivity index (χ0n) is 14.0. The van der Waals surface area contributed by atoms with Gasteiger partial charge in [-0.25, -0.2) is 9.48 Å². The highest BCUT2D eigenvalue weighted by atomic mass is 79.9. The molecule has 8 heteroatoms. The fourth-order valence-electron chi connectivity index (χ4n) is 2.64. The van der Waals surface area contributed by atoms with Gasteiger partial charge in [0.05, 0.1) is 5.69 Å². The van der Waals surface area contributed by atoms with E-state index in [9.17, 15) is 9.59 Å². The average molecular weight is 424 g/mol. The Bertz CT molecular complexity index is 1170. The van der Waals surface area contributed by atoms with Crippen LogP contribution in [0.15, 0.2) is 76.0 Å². The molecule has 0 aliphatic heterocycles. The summed E-state index contributed by atoms with van der Waals surface area (Å²) in [6, 6.07) is 20.2. The van der Waals surface area contributed by atoms with Crippen LogP contribution in [0.4, 0.5) is 5.69 Å². The minimum absolute atomic E-state index is 0.196. The SMILES string of the molecule is O=C(Cn1nc2ccc(-c3ccccc3)nn2c1=O)Nc1ccc(Br)cc1. The lowest BCUT2D eigenvalue weighted by Crippen LogP contribution is -2.28. The third kappa shape index (κ3) is 3.65.